The zero-order valence-electron chi connectivity index (χ0n) is 8.65. The number of thioether (sulfide) groups is 1. The summed E-state index contributed by atoms with van der Waals surface area (Å²) in [4.78, 5) is 12.0. The van der Waals surface area contributed by atoms with E-state index in [1.165, 1.54) is 11.8 Å². The quantitative estimate of drug-likeness (QED) is 0.460. The first-order chi connectivity index (χ1) is 7.13. The summed E-state index contributed by atoms with van der Waals surface area (Å²) in [5.74, 6) is 0.0685. The fourth-order valence-corrected chi connectivity index (χ4v) is 2.05. The number of rotatable bonds is 3. The van der Waals surface area contributed by atoms with Gasteiger partial charge in [-0.1, -0.05) is 12.1 Å². The van der Waals surface area contributed by atoms with Crippen LogP contribution < -0.4 is 0 Å². The molecule has 0 aromatic heterocycles. The summed E-state index contributed by atoms with van der Waals surface area (Å²) in [6.45, 7) is 4.02. The second-order valence-electron chi connectivity index (χ2n) is 2.87. The van der Waals surface area contributed by atoms with Crippen LogP contribution in [0.2, 0.25) is 0 Å². The van der Waals surface area contributed by atoms with Gasteiger partial charge in [-0.25, -0.2) is 0 Å². The van der Waals surface area contributed by atoms with Crippen LogP contribution in [0.5, 0.6) is 0 Å². The number of carbonyl (C=O) groups is 1. The number of ketones is 1. The summed E-state index contributed by atoms with van der Waals surface area (Å²) in [5.41, 5.74) is 0.710. The number of hydrogen-bond donors (Lipinski definition) is 0. The molecule has 0 aliphatic carbocycles. The molecule has 0 atom stereocenters. The summed E-state index contributed by atoms with van der Waals surface area (Å²) in [7, 11) is 0. The first kappa shape index (κ1) is 12.2. The fraction of sp³-hybridized carbons (Fsp3) is 0.273. The Morgan fingerprint density at radius 3 is 2.47 bits per heavy atom. The van der Waals surface area contributed by atoms with E-state index >= 15 is 0 Å². The van der Waals surface area contributed by atoms with Gasteiger partial charge in [-0.05, 0) is 50.0 Å². The zero-order valence-corrected chi connectivity index (χ0v) is 10.3. The average Bonchev–Trinajstić information content (AvgIpc) is 2.18. The highest BCUT2D eigenvalue weighted by Crippen LogP contribution is 2.20. The molecule has 1 aromatic carbocycles. The SMILES string of the molecule is CCOC(=S)Sc1ccc(C(C)=O)cc1. The molecule has 1 aromatic rings. The molecule has 15 heavy (non-hydrogen) atoms. The molecule has 0 aliphatic heterocycles. The summed E-state index contributed by atoms with van der Waals surface area (Å²) >= 11 is 6.38. The van der Waals surface area contributed by atoms with Gasteiger partial charge in [0.25, 0.3) is 0 Å². The molecule has 4 heteroatoms. The Morgan fingerprint density at radius 2 is 2.00 bits per heavy atom. The molecule has 0 heterocycles. The van der Waals surface area contributed by atoms with Crippen LogP contribution in [0, 0.1) is 0 Å². The lowest BCUT2D eigenvalue weighted by atomic mass is 10.2. The minimum Gasteiger partial charge on any atom is -0.479 e. The van der Waals surface area contributed by atoms with E-state index in [9.17, 15) is 4.79 Å². The Morgan fingerprint density at radius 1 is 1.40 bits per heavy atom. The van der Waals surface area contributed by atoms with Crippen LogP contribution in [0.1, 0.15) is 24.2 Å². The third kappa shape index (κ3) is 4.01. The lowest BCUT2D eigenvalue weighted by Crippen LogP contribution is -1.95. The average molecular weight is 240 g/mol. The van der Waals surface area contributed by atoms with E-state index in [4.69, 9.17) is 17.0 Å². The van der Waals surface area contributed by atoms with Gasteiger partial charge in [0.1, 0.15) is 0 Å². The van der Waals surface area contributed by atoms with E-state index in [0.717, 1.165) is 4.90 Å². The minimum atomic E-state index is 0.0685. The normalized spacial score (nSPS) is 9.73. The second kappa shape index (κ2) is 5.88. The third-order valence-corrected chi connectivity index (χ3v) is 2.88. The molecule has 80 valence electrons. The Bertz CT molecular complexity index is 357. The molecule has 0 saturated heterocycles. The van der Waals surface area contributed by atoms with E-state index in [1.54, 1.807) is 19.1 Å². The van der Waals surface area contributed by atoms with Crippen LogP contribution >= 0.6 is 24.0 Å². The molecule has 2 nitrogen and oxygen atoms in total. The summed E-state index contributed by atoms with van der Waals surface area (Å²) in [5, 5.41) is 0. The van der Waals surface area contributed by atoms with Crippen LogP contribution in [0.15, 0.2) is 29.2 Å². The van der Waals surface area contributed by atoms with Crippen molar-refractivity contribution in [1.82, 2.24) is 0 Å². The van der Waals surface area contributed by atoms with Crippen LogP contribution in [0.3, 0.4) is 0 Å². The van der Waals surface area contributed by atoms with Gasteiger partial charge in [0.2, 0.25) is 4.38 Å². The number of hydrogen-bond acceptors (Lipinski definition) is 4. The molecular weight excluding hydrogens is 228 g/mol. The molecular formula is C11H12O2S2. The predicted molar refractivity (Wildman–Crippen MR) is 66.5 cm³/mol. The van der Waals surface area contributed by atoms with Gasteiger partial charge in [-0.15, -0.1) is 0 Å². The van der Waals surface area contributed by atoms with Crippen molar-refractivity contribution in [3.63, 3.8) is 0 Å². The maximum Gasteiger partial charge on any atom is 0.224 e. The third-order valence-electron chi connectivity index (χ3n) is 1.72. The first-order valence-electron chi connectivity index (χ1n) is 4.59. The van der Waals surface area contributed by atoms with E-state index in [0.29, 0.717) is 16.6 Å². The van der Waals surface area contributed by atoms with Crippen molar-refractivity contribution < 1.29 is 9.53 Å². The molecule has 0 radical (unpaired) electrons. The topological polar surface area (TPSA) is 26.3 Å². The number of thiocarbonyl (C=S) groups is 1. The molecule has 0 fully saturated rings. The van der Waals surface area contributed by atoms with Crippen LogP contribution in [0.4, 0.5) is 0 Å². The number of carbonyl (C=O) groups excluding carboxylic acids is 1. The van der Waals surface area contributed by atoms with Crippen molar-refractivity contribution in [2.75, 3.05) is 6.61 Å². The van der Waals surface area contributed by atoms with Crippen molar-refractivity contribution >= 4 is 34.1 Å². The molecule has 0 spiro atoms. The highest BCUT2D eigenvalue weighted by Gasteiger charge is 2.02. The summed E-state index contributed by atoms with van der Waals surface area (Å²) < 4.78 is 5.66. The summed E-state index contributed by atoms with van der Waals surface area (Å²) in [6.07, 6.45) is 0. The monoisotopic (exact) mass is 240 g/mol. The smallest absolute Gasteiger partial charge is 0.224 e. The highest BCUT2D eigenvalue weighted by atomic mass is 32.2. The van der Waals surface area contributed by atoms with Crippen LogP contribution in [-0.4, -0.2) is 16.8 Å². The summed E-state index contributed by atoms with van der Waals surface area (Å²) in [6, 6.07) is 7.32. The van der Waals surface area contributed by atoms with Gasteiger partial charge in [0, 0.05) is 10.5 Å². The fourth-order valence-electron chi connectivity index (χ4n) is 1.00. The molecule has 0 amide bonds. The van der Waals surface area contributed by atoms with Crippen LogP contribution in [0.25, 0.3) is 0 Å². The van der Waals surface area contributed by atoms with Gasteiger partial charge in [0.05, 0.1) is 6.61 Å². The van der Waals surface area contributed by atoms with Crippen molar-refractivity contribution in [2.45, 2.75) is 18.7 Å². The van der Waals surface area contributed by atoms with Gasteiger partial charge < -0.3 is 4.74 Å². The van der Waals surface area contributed by atoms with E-state index in [1.807, 2.05) is 19.1 Å². The maximum absolute atomic E-state index is 11.0. The van der Waals surface area contributed by atoms with Gasteiger partial charge in [-0.2, -0.15) is 0 Å². The second-order valence-corrected chi connectivity index (χ2v) is 4.54. The van der Waals surface area contributed by atoms with Crippen LogP contribution in [-0.2, 0) is 4.74 Å². The van der Waals surface area contributed by atoms with Gasteiger partial charge in [0.15, 0.2) is 5.78 Å². The molecule has 0 saturated carbocycles. The first-order valence-corrected chi connectivity index (χ1v) is 5.81. The highest BCUT2D eigenvalue weighted by molar-refractivity contribution is 8.22. The van der Waals surface area contributed by atoms with E-state index in [-0.39, 0.29) is 5.78 Å². The van der Waals surface area contributed by atoms with Crippen molar-refractivity contribution in [1.29, 1.82) is 0 Å². The standard InChI is InChI=1S/C11H12O2S2/c1-3-13-11(14)15-10-6-4-9(5-7-10)8(2)12/h4-7H,3H2,1-2H3. The predicted octanol–water partition coefficient (Wildman–Crippen LogP) is 3.30. The Balaban J connectivity index is 2.64. The van der Waals surface area contributed by atoms with Gasteiger partial charge in [-0.3, -0.25) is 4.79 Å². The largest absolute Gasteiger partial charge is 0.479 e. The Kier molecular flexibility index (Phi) is 4.78. The lowest BCUT2D eigenvalue weighted by Gasteiger charge is -2.04. The van der Waals surface area contributed by atoms with Crippen molar-refractivity contribution in [3.8, 4) is 0 Å². The zero-order chi connectivity index (χ0) is 11.3. The molecule has 0 unspecified atom stereocenters. The Labute approximate surface area is 99.0 Å². The molecule has 0 N–H and O–H groups in total. The van der Waals surface area contributed by atoms with Gasteiger partial charge >= 0.3 is 0 Å². The molecule has 0 aliphatic rings. The Hall–Kier alpha value is -0.870. The molecule has 0 bridgehead atoms. The number of ether oxygens (including phenoxy) is 1. The van der Waals surface area contributed by atoms with E-state index in [2.05, 4.69) is 0 Å². The molecule has 1 rings (SSSR count). The number of Topliss-reactive ketones (excluding diaryl/α,β-unsaturated/α-hetero) is 1. The lowest BCUT2D eigenvalue weighted by molar-refractivity contribution is 0.101. The maximum atomic E-state index is 11.0. The number of benzene rings is 1. The van der Waals surface area contributed by atoms with Crippen molar-refractivity contribution in [3.05, 3.63) is 29.8 Å². The van der Waals surface area contributed by atoms with Crippen molar-refractivity contribution in [2.24, 2.45) is 0 Å². The minimum absolute atomic E-state index is 0.0685. The van der Waals surface area contributed by atoms with E-state index < -0.39 is 0 Å².